The van der Waals surface area contributed by atoms with Crippen molar-refractivity contribution in [1.82, 2.24) is 10.6 Å². The molecule has 1 aromatic rings. The number of benzene rings is 1. The van der Waals surface area contributed by atoms with Crippen LogP contribution in [0.5, 0.6) is 0 Å². The van der Waals surface area contributed by atoms with Gasteiger partial charge in [0.05, 0.1) is 0 Å². The van der Waals surface area contributed by atoms with Crippen molar-refractivity contribution in [3.05, 3.63) is 35.6 Å². The Labute approximate surface area is 137 Å². The molecule has 3 nitrogen and oxygen atoms in total. The number of hydrogen-bond donors (Lipinski definition) is 2. The van der Waals surface area contributed by atoms with E-state index in [1.807, 2.05) is 6.07 Å². The minimum atomic E-state index is -0.193. The highest BCUT2D eigenvalue weighted by Crippen LogP contribution is 2.32. The molecule has 2 unspecified atom stereocenters. The summed E-state index contributed by atoms with van der Waals surface area (Å²) in [5.41, 5.74) is 0.665. The van der Waals surface area contributed by atoms with Crippen LogP contribution in [-0.4, -0.2) is 24.5 Å². The van der Waals surface area contributed by atoms with Crippen molar-refractivity contribution in [3.8, 4) is 0 Å². The maximum atomic E-state index is 13.5. The van der Waals surface area contributed by atoms with E-state index < -0.39 is 0 Å². The molecule has 0 radical (unpaired) electrons. The summed E-state index contributed by atoms with van der Waals surface area (Å²) in [7, 11) is 0. The zero-order valence-corrected chi connectivity index (χ0v) is 13.5. The van der Waals surface area contributed by atoms with Crippen LogP contribution < -0.4 is 10.6 Å². The summed E-state index contributed by atoms with van der Waals surface area (Å²) >= 11 is 0. The van der Waals surface area contributed by atoms with Gasteiger partial charge in [-0.05, 0) is 49.7 Å². The van der Waals surface area contributed by atoms with Crippen molar-refractivity contribution in [3.63, 3.8) is 0 Å². The van der Waals surface area contributed by atoms with Crippen LogP contribution >= 0.6 is 12.4 Å². The monoisotopic (exact) mass is 326 g/mol. The number of fused-ring (bicyclic) bond motifs is 2. The number of carbonyl (C=O) groups is 1. The Morgan fingerprint density at radius 2 is 1.91 bits per heavy atom. The van der Waals surface area contributed by atoms with Gasteiger partial charge >= 0.3 is 0 Å². The fraction of sp³-hybridized carbons (Fsp3) is 0.588. The number of piperidine rings is 1. The molecule has 2 bridgehead atoms. The first-order valence-electron chi connectivity index (χ1n) is 7.97. The van der Waals surface area contributed by atoms with E-state index in [2.05, 4.69) is 10.6 Å². The lowest BCUT2D eigenvalue weighted by Gasteiger charge is -2.28. The number of halogens is 2. The molecule has 22 heavy (non-hydrogen) atoms. The van der Waals surface area contributed by atoms with Crippen LogP contribution in [-0.2, 0) is 11.2 Å². The van der Waals surface area contributed by atoms with Crippen molar-refractivity contribution in [2.45, 2.75) is 50.6 Å². The van der Waals surface area contributed by atoms with Gasteiger partial charge in [-0.25, -0.2) is 4.39 Å². The lowest BCUT2D eigenvalue weighted by atomic mass is 9.89. The summed E-state index contributed by atoms with van der Waals surface area (Å²) < 4.78 is 13.5. The van der Waals surface area contributed by atoms with Gasteiger partial charge in [-0.2, -0.15) is 0 Å². The Morgan fingerprint density at radius 3 is 2.59 bits per heavy atom. The van der Waals surface area contributed by atoms with Gasteiger partial charge in [0, 0.05) is 25.0 Å². The molecule has 2 saturated heterocycles. The predicted molar refractivity (Wildman–Crippen MR) is 87.6 cm³/mol. The normalized spacial score (nSPS) is 26.3. The highest BCUT2D eigenvalue weighted by Gasteiger charge is 2.33. The quantitative estimate of drug-likeness (QED) is 0.873. The van der Waals surface area contributed by atoms with E-state index in [1.54, 1.807) is 12.1 Å². The second kappa shape index (κ2) is 7.93. The van der Waals surface area contributed by atoms with Crippen LogP contribution in [0.2, 0.25) is 0 Å². The summed E-state index contributed by atoms with van der Waals surface area (Å²) in [6.45, 7) is 0.512. The maximum Gasteiger partial charge on any atom is 0.220 e. The van der Waals surface area contributed by atoms with Gasteiger partial charge in [-0.1, -0.05) is 18.2 Å². The molecule has 5 heteroatoms. The number of hydrogen-bond acceptors (Lipinski definition) is 2. The molecule has 0 aromatic heterocycles. The van der Waals surface area contributed by atoms with Gasteiger partial charge in [0.25, 0.3) is 0 Å². The van der Waals surface area contributed by atoms with Crippen LogP contribution in [0.1, 0.15) is 37.7 Å². The lowest BCUT2D eigenvalue weighted by Crippen LogP contribution is -2.39. The van der Waals surface area contributed by atoms with E-state index >= 15 is 0 Å². The van der Waals surface area contributed by atoms with Crippen molar-refractivity contribution in [2.24, 2.45) is 5.92 Å². The van der Waals surface area contributed by atoms with Crippen molar-refractivity contribution in [1.29, 1.82) is 0 Å². The van der Waals surface area contributed by atoms with Gasteiger partial charge in [-0.3, -0.25) is 4.79 Å². The third-order valence-electron chi connectivity index (χ3n) is 4.72. The average Bonchev–Trinajstić information content (AvgIpc) is 2.80. The van der Waals surface area contributed by atoms with E-state index in [9.17, 15) is 9.18 Å². The lowest BCUT2D eigenvalue weighted by molar-refractivity contribution is -0.122. The van der Waals surface area contributed by atoms with Gasteiger partial charge in [0.2, 0.25) is 5.91 Å². The van der Waals surface area contributed by atoms with Crippen LogP contribution in [0.25, 0.3) is 0 Å². The number of amides is 1. The number of carbonyl (C=O) groups excluding carboxylic acids is 1. The van der Waals surface area contributed by atoms with Crippen molar-refractivity contribution in [2.75, 3.05) is 6.54 Å². The Balaban J connectivity index is 0.00000176. The summed E-state index contributed by atoms with van der Waals surface area (Å²) in [6, 6.07) is 7.99. The molecule has 0 aliphatic carbocycles. The Bertz CT molecular complexity index is 499. The van der Waals surface area contributed by atoms with Crippen LogP contribution in [0, 0.1) is 11.7 Å². The molecular formula is C17H24ClFN2O. The van der Waals surface area contributed by atoms with Crippen LogP contribution in [0.15, 0.2) is 24.3 Å². The predicted octanol–water partition coefficient (Wildman–Crippen LogP) is 2.83. The van der Waals surface area contributed by atoms with E-state index in [0.717, 1.165) is 12.8 Å². The van der Waals surface area contributed by atoms with Crippen molar-refractivity contribution < 1.29 is 9.18 Å². The Morgan fingerprint density at radius 1 is 1.23 bits per heavy atom. The van der Waals surface area contributed by atoms with Crippen LogP contribution in [0.4, 0.5) is 4.39 Å². The summed E-state index contributed by atoms with van der Waals surface area (Å²) in [4.78, 5) is 12.0. The zero-order chi connectivity index (χ0) is 14.7. The fourth-order valence-corrected chi connectivity index (χ4v) is 3.71. The Hall–Kier alpha value is -1.13. The summed E-state index contributed by atoms with van der Waals surface area (Å²) in [5, 5.41) is 6.52. The molecule has 2 heterocycles. The molecule has 122 valence electrons. The van der Waals surface area contributed by atoms with Gasteiger partial charge in [0.1, 0.15) is 5.82 Å². The third kappa shape index (κ3) is 4.43. The van der Waals surface area contributed by atoms with E-state index in [0.29, 0.717) is 43.0 Å². The molecule has 0 spiro atoms. The summed E-state index contributed by atoms with van der Waals surface area (Å²) in [5.74, 6) is 0.427. The van der Waals surface area contributed by atoms with E-state index in [4.69, 9.17) is 0 Å². The molecule has 2 fully saturated rings. The van der Waals surface area contributed by atoms with Gasteiger partial charge in [-0.15, -0.1) is 12.4 Å². The van der Waals surface area contributed by atoms with E-state index in [-0.39, 0.29) is 24.1 Å². The highest BCUT2D eigenvalue weighted by atomic mass is 35.5. The van der Waals surface area contributed by atoms with E-state index in [1.165, 1.54) is 18.9 Å². The van der Waals surface area contributed by atoms with Crippen molar-refractivity contribution >= 4 is 18.3 Å². The molecule has 0 saturated carbocycles. The second-order valence-corrected chi connectivity index (χ2v) is 6.37. The fourth-order valence-electron chi connectivity index (χ4n) is 3.71. The average molecular weight is 327 g/mol. The van der Waals surface area contributed by atoms with Crippen LogP contribution in [0.3, 0.4) is 0 Å². The largest absolute Gasteiger partial charge is 0.356 e. The van der Waals surface area contributed by atoms with Gasteiger partial charge < -0.3 is 10.6 Å². The molecule has 1 amide bonds. The highest BCUT2D eigenvalue weighted by molar-refractivity contribution is 5.85. The maximum absolute atomic E-state index is 13.5. The Kier molecular flexibility index (Phi) is 6.21. The summed E-state index contributed by atoms with van der Waals surface area (Å²) in [6.07, 6.45) is 5.93. The molecular weight excluding hydrogens is 303 g/mol. The minimum absolute atomic E-state index is 0. The van der Waals surface area contributed by atoms with Gasteiger partial charge in [0.15, 0.2) is 0 Å². The second-order valence-electron chi connectivity index (χ2n) is 6.37. The SMILES string of the molecule is Cl.O=C(CC1CC2CCC(C1)N2)NCCc1ccccc1F. The number of rotatable bonds is 5. The molecule has 2 aliphatic heterocycles. The smallest absolute Gasteiger partial charge is 0.220 e. The number of nitrogens with one attached hydrogen (secondary N) is 2. The zero-order valence-electron chi connectivity index (χ0n) is 12.7. The topological polar surface area (TPSA) is 41.1 Å². The minimum Gasteiger partial charge on any atom is -0.356 e. The first-order chi connectivity index (χ1) is 10.2. The molecule has 3 rings (SSSR count). The molecule has 2 N–H and O–H groups in total. The molecule has 2 aliphatic rings. The first kappa shape index (κ1) is 17.2. The standard InChI is InChI=1S/C17H23FN2O.ClH/c18-16-4-2-1-3-13(16)7-8-19-17(21)11-12-9-14-5-6-15(10-12)20-14;/h1-4,12,14-15,20H,5-11H2,(H,19,21);1H. The third-order valence-corrected chi connectivity index (χ3v) is 4.72. The molecule has 2 atom stereocenters. The first-order valence-corrected chi connectivity index (χ1v) is 7.97. The molecule has 1 aromatic carbocycles.